The van der Waals surface area contributed by atoms with Crippen LogP contribution in [0.2, 0.25) is 0 Å². The standard InChI is InChI=1S/C20H20FN/c1-16-10-12-18(13-11-16)22(17-7-4-3-5-8-17)19-9-6-14-20(2,21)15-19/h3-14H,15H2,1-2H3. The highest BCUT2D eigenvalue weighted by atomic mass is 19.1. The molecule has 0 saturated heterocycles. The van der Waals surface area contributed by atoms with Crippen molar-refractivity contribution in [2.24, 2.45) is 0 Å². The van der Waals surface area contributed by atoms with Crippen LogP contribution < -0.4 is 4.90 Å². The normalized spacial score (nSPS) is 20.6. The van der Waals surface area contributed by atoms with Crippen LogP contribution in [0.3, 0.4) is 0 Å². The Bertz CT molecular complexity index is 696. The Hall–Kier alpha value is -2.35. The van der Waals surface area contributed by atoms with E-state index in [0.717, 1.165) is 17.1 Å². The van der Waals surface area contributed by atoms with Crippen molar-refractivity contribution >= 4 is 11.4 Å². The highest BCUT2D eigenvalue weighted by Gasteiger charge is 2.27. The molecular formula is C20H20FN. The predicted molar refractivity (Wildman–Crippen MR) is 91.1 cm³/mol. The van der Waals surface area contributed by atoms with Crippen molar-refractivity contribution in [2.75, 3.05) is 4.90 Å². The van der Waals surface area contributed by atoms with Gasteiger partial charge in [0.25, 0.3) is 0 Å². The van der Waals surface area contributed by atoms with Crippen molar-refractivity contribution in [3.05, 3.63) is 84.1 Å². The van der Waals surface area contributed by atoms with Gasteiger partial charge in [0, 0.05) is 23.5 Å². The fraction of sp³-hybridized carbons (Fsp3) is 0.200. The number of rotatable bonds is 3. The molecule has 0 fully saturated rings. The molecule has 0 spiro atoms. The van der Waals surface area contributed by atoms with Crippen LogP contribution >= 0.6 is 0 Å². The van der Waals surface area contributed by atoms with Gasteiger partial charge in [0.2, 0.25) is 0 Å². The van der Waals surface area contributed by atoms with Gasteiger partial charge in [-0.2, -0.15) is 0 Å². The molecule has 112 valence electrons. The molecule has 0 aromatic heterocycles. The topological polar surface area (TPSA) is 3.24 Å². The summed E-state index contributed by atoms with van der Waals surface area (Å²) in [6, 6.07) is 18.4. The molecule has 1 unspecified atom stereocenters. The molecule has 0 N–H and O–H groups in total. The SMILES string of the molecule is Cc1ccc(N(C2=CC=CC(C)(F)C2)c2ccccc2)cc1. The predicted octanol–water partition coefficient (Wildman–Crippen LogP) is 5.71. The number of benzene rings is 2. The van der Waals surface area contributed by atoms with Crippen molar-refractivity contribution in [1.82, 2.24) is 0 Å². The summed E-state index contributed by atoms with van der Waals surface area (Å²) in [7, 11) is 0. The van der Waals surface area contributed by atoms with Crippen LogP contribution in [0.25, 0.3) is 0 Å². The number of allylic oxidation sites excluding steroid dienone is 4. The molecule has 22 heavy (non-hydrogen) atoms. The Morgan fingerprint density at radius 1 is 0.955 bits per heavy atom. The maximum absolute atomic E-state index is 14.4. The first-order valence-electron chi connectivity index (χ1n) is 7.54. The van der Waals surface area contributed by atoms with Crippen LogP contribution in [0.1, 0.15) is 18.9 Å². The molecule has 1 aliphatic rings. The van der Waals surface area contributed by atoms with Gasteiger partial charge in [0.05, 0.1) is 0 Å². The fourth-order valence-electron chi connectivity index (χ4n) is 2.74. The Kier molecular flexibility index (Phi) is 3.84. The van der Waals surface area contributed by atoms with E-state index < -0.39 is 5.67 Å². The lowest BCUT2D eigenvalue weighted by Crippen LogP contribution is -2.26. The maximum atomic E-state index is 14.4. The monoisotopic (exact) mass is 293 g/mol. The van der Waals surface area contributed by atoms with Crippen LogP contribution in [0.5, 0.6) is 0 Å². The van der Waals surface area contributed by atoms with Crippen LogP contribution in [0.4, 0.5) is 15.8 Å². The summed E-state index contributed by atoms with van der Waals surface area (Å²) in [4.78, 5) is 2.13. The molecule has 2 heteroatoms. The first kappa shape index (κ1) is 14.6. The second kappa shape index (κ2) is 5.80. The third kappa shape index (κ3) is 3.11. The summed E-state index contributed by atoms with van der Waals surface area (Å²) >= 11 is 0. The third-order valence-corrected chi connectivity index (χ3v) is 3.85. The summed E-state index contributed by atoms with van der Waals surface area (Å²) in [6.07, 6.45) is 5.79. The minimum absolute atomic E-state index is 0.367. The van der Waals surface area contributed by atoms with E-state index in [1.165, 1.54) is 5.56 Å². The summed E-state index contributed by atoms with van der Waals surface area (Å²) in [5.41, 5.74) is 2.96. The molecule has 3 rings (SSSR count). The number of hydrogen-bond acceptors (Lipinski definition) is 1. The van der Waals surface area contributed by atoms with Gasteiger partial charge in [-0.25, -0.2) is 4.39 Å². The average molecular weight is 293 g/mol. The highest BCUT2D eigenvalue weighted by Crippen LogP contribution is 2.36. The van der Waals surface area contributed by atoms with E-state index in [4.69, 9.17) is 0 Å². The van der Waals surface area contributed by atoms with Gasteiger partial charge in [0.15, 0.2) is 0 Å². The average Bonchev–Trinajstić information content (AvgIpc) is 2.50. The summed E-state index contributed by atoms with van der Waals surface area (Å²) in [6.45, 7) is 3.69. The van der Waals surface area contributed by atoms with Gasteiger partial charge in [-0.05, 0) is 50.3 Å². The molecule has 0 bridgehead atoms. The fourth-order valence-corrected chi connectivity index (χ4v) is 2.74. The van der Waals surface area contributed by atoms with Crippen molar-refractivity contribution in [2.45, 2.75) is 25.9 Å². The van der Waals surface area contributed by atoms with E-state index in [1.54, 1.807) is 13.0 Å². The van der Waals surface area contributed by atoms with Gasteiger partial charge in [-0.1, -0.05) is 42.0 Å². The summed E-state index contributed by atoms with van der Waals surface area (Å²) in [5, 5.41) is 0. The van der Waals surface area contributed by atoms with E-state index >= 15 is 0 Å². The van der Waals surface area contributed by atoms with Gasteiger partial charge in [-0.15, -0.1) is 0 Å². The zero-order valence-corrected chi connectivity index (χ0v) is 13.0. The minimum Gasteiger partial charge on any atom is -0.314 e. The number of hydrogen-bond donors (Lipinski definition) is 0. The molecule has 1 atom stereocenters. The van der Waals surface area contributed by atoms with Gasteiger partial charge in [0.1, 0.15) is 5.67 Å². The van der Waals surface area contributed by atoms with E-state index in [0.29, 0.717) is 6.42 Å². The Morgan fingerprint density at radius 3 is 2.23 bits per heavy atom. The summed E-state index contributed by atoms with van der Waals surface area (Å²) in [5.74, 6) is 0. The lowest BCUT2D eigenvalue weighted by Gasteiger charge is -2.32. The van der Waals surface area contributed by atoms with E-state index in [9.17, 15) is 4.39 Å². The molecular weight excluding hydrogens is 273 g/mol. The molecule has 1 nitrogen and oxygen atoms in total. The van der Waals surface area contributed by atoms with Crippen molar-refractivity contribution in [1.29, 1.82) is 0 Å². The lowest BCUT2D eigenvalue weighted by molar-refractivity contribution is 0.253. The van der Waals surface area contributed by atoms with Gasteiger partial charge >= 0.3 is 0 Å². The largest absolute Gasteiger partial charge is 0.314 e. The van der Waals surface area contributed by atoms with Gasteiger partial charge in [-0.3, -0.25) is 0 Å². The molecule has 0 amide bonds. The van der Waals surface area contributed by atoms with Crippen molar-refractivity contribution in [3.63, 3.8) is 0 Å². The molecule has 0 aliphatic heterocycles. The van der Waals surface area contributed by atoms with Crippen molar-refractivity contribution < 1.29 is 4.39 Å². The van der Waals surface area contributed by atoms with Crippen LogP contribution in [-0.4, -0.2) is 5.67 Å². The number of alkyl halides is 1. The number of aryl methyl sites for hydroxylation is 1. The molecule has 1 aliphatic carbocycles. The van der Waals surface area contributed by atoms with E-state index in [-0.39, 0.29) is 0 Å². The van der Waals surface area contributed by atoms with Crippen molar-refractivity contribution in [3.8, 4) is 0 Å². The van der Waals surface area contributed by atoms with E-state index in [1.807, 2.05) is 30.4 Å². The Morgan fingerprint density at radius 2 is 1.59 bits per heavy atom. The summed E-state index contributed by atoms with van der Waals surface area (Å²) < 4.78 is 14.4. The zero-order chi connectivity index (χ0) is 15.6. The first-order valence-corrected chi connectivity index (χ1v) is 7.54. The zero-order valence-electron chi connectivity index (χ0n) is 13.0. The minimum atomic E-state index is -1.30. The number of nitrogens with zero attached hydrogens (tertiary/aromatic N) is 1. The first-order chi connectivity index (χ1) is 10.6. The molecule has 0 saturated carbocycles. The molecule has 0 radical (unpaired) electrons. The number of para-hydroxylation sites is 1. The molecule has 2 aromatic carbocycles. The number of halogens is 1. The van der Waals surface area contributed by atoms with Crippen LogP contribution in [0.15, 0.2) is 78.5 Å². The second-order valence-corrected chi connectivity index (χ2v) is 5.98. The van der Waals surface area contributed by atoms with Crippen LogP contribution in [-0.2, 0) is 0 Å². The Labute approximate surface area is 131 Å². The quantitative estimate of drug-likeness (QED) is 0.701. The maximum Gasteiger partial charge on any atom is 0.132 e. The van der Waals surface area contributed by atoms with Crippen LogP contribution in [0, 0.1) is 6.92 Å². The number of anilines is 2. The smallest absolute Gasteiger partial charge is 0.132 e. The third-order valence-electron chi connectivity index (χ3n) is 3.85. The van der Waals surface area contributed by atoms with E-state index in [2.05, 4.69) is 48.2 Å². The van der Waals surface area contributed by atoms with Gasteiger partial charge < -0.3 is 4.90 Å². The second-order valence-electron chi connectivity index (χ2n) is 5.98. The Balaban J connectivity index is 2.06. The molecule has 0 heterocycles. The highest BCUT2D eigenvalue weighted by molar-refractivity contribution is 5.69. The lowest BCUT2D eigenvalue weighted by atomic mass is 9.95. The molecule has 2 aromatic rings.